The van der Waals surface area contributed by atoms with Gasteiger partial charge in [-0.15, -0.1) is 0 Å². The number of amides is 4. The number of hydrogen-bond acceptors (Lipinski definition) is 12. The van der Waals surface area contributed by atoms with Crippen LogP contribution in [0.2, 0.25) is 0 Å². The van der Waals surface area contributed by atoms with Gasteiger partial charge in [0.25, 0.3) is 0 Å². The van der Waals surface area contributed by atoms with Crippen LogP contribution in [0.15, 0.2) is 168 Å². The van der Waals surface area contributed by atoms with E-state index in [0.717, 1.165) is 48.7 Å². The number of benzene rings is 6. The Labute approximate surface area is 444 Å². The number of morpholine rings is 2. The van der Waals surface area contributed by atoms with Crippen LogP contribution in [-0.2, 0) is 48.7 Å². The summed E-state index contributed by atoms with van der Waals surface area (Å²) in [5.74, 6) is -1.74. The third-order valence-corrected chi connectivity index (χ3v) is 15.3. The normalized spacial score (nSPS) is 14.5. The quantitative estimate of drug-likeness (QED) is 0.0451. The first-order valence-electron chi connectivity index (χ1n) is 25.0. The molecular weight excluding hydrogens is 1010 g/mol. The van der Waals surface area contributed by atoms with Crippen molar-refractivity contribution in [1.29, 1.82) is 0 Å². The average Bonchev–Trinajstić information content (AvgIpc) is 3.43. The second-order valence-corrected chi connectivity index (χ2v) is 21.6. The SMILES string of the molecule is Cc1ccc(S(=O)(=O)N[C@@H](CCC(=O)Nc2ccccc2)C(=O)Nc2ccc(N3CCOCC3)cc2)cc1.Cc1ccc(S(=O)(=O)N[C@@H](CCC(=O)Nc2ccccc2)C(=O)Nc2ccc(N3CCOCC3)cc2)cc1. The summed E-state index contributed by atoms with van der Waals surface area (Å²) in [5, 5.41) is 11.1. The van der Waals surface area contributed by atoms with Crippen LogP contribution in [0.1, 0.15) is 36.8 Å². The molecule has 18 nitrogen and oxygen atoms in total. The number of nitrogens with one attached hydrogen (secondary N) is 6. The number of rotatable bonds is 20. The predicted molar refractivity (Wildman–Crippen MR) is 295 cm³/mol. The topological polar surface area (TPSA) is 234 Å². The second-order valence-electron chi connectivity index (χ2n) is 18.2. The van der Waals surface area contributed by atoms with E-state index in [0.29, 0.717) is 49.2 Å². The summed E-state index contributed by atoms with van der Waals surface area (Å²) in [5.41, 5.74) is 6.16. The van der Waals surface area contributed by atoms with Gasteiger partial charge in [0.05, 0.1) is 36.2 Å². The first kappa shape index (κ1) is 56.3. The fraction of sp³-hybridized carbons (Fsp3) is 0.286. The van der Waals surface area contributed by atoms with E-state index in [-0.39, 0.29) is 47.3 Å². The van der Waals surface area contributed by atoms with Crippen LogP contribution in [0.4, 0.5) is 34.1 Å². The maximum atomic E-state index is 13.2. The summed E-state index contributed by atoms with van der Waals surface area (Å²) in [6.07, 6.45) is -0.165. The number of sulfonamides is 2. The molecule has 8 rings (SSSR count). The number of carbonyl (C=O) groups excluding carboxylic acids is 4. The van der Waals surface area contributed by atoms with E-state index in [1.165, 1.54) is 24.3 Å². The zero-order valence-corrected chi connectivity index (χ0v) is 44.1. The summed E-state index contributed by atoms with van der Waals surface area (Å²) in [6.45, 7) is 9.54. The molecule has 0 spiro atoms. The lowest BCUT2D eigenvalue weighted by atomic mass is 10.1. The van der Waals surface area contributed by atoms with Crippen molar-refractivity contribution in [3.8, 4) is 0 Å². The molecule has 2 fully saturated rings. The first-order chi connectivity index (χ1) is 36.6. The molecule has 2 heterocycles. The van der Waals surface area contributed by atoms with Gasteiger partial charge >= 0.3 is 0 Å². The van der Waals surface area contributed by atoms with E-state index >= 15 is 0 Å². The van der Waals surface area contributed by atoms with Gasteiger partial charge in [-0.1, -0.05) is 71.8 Å². The summed E-state index contributed by atoms with van der Waals surface area (Å²) < 4.78 is 68.0. The van der Waals surface area contributed by atoms with Crippen LogP contribution in [0.25, 0.3) is 0 Å². The molecule has 0 unspecified atom stereocenters. The van der Waals surface area contributed by atoms with Crippen molar-refractivity contribution in [3.63, 3.8) is 0 Å². The highest BCUT2D eigenvalue weighted by Gasteiger charge is 2.29. The first-order valence-corrected chi connectivity index (χ1v) is 27.9. The lowest BCUT2D eigenvalue weighted by Crippen LogP contribution is -2.44. The van der Waals surface area contributed by atoms with Gasteiger partial charge in [0, 0.05) is 73.1 Å². The van der Waals surface area contributed by atoms with Gasteiger partial charge in [-0.25, -0.2) is 16.8 Å². The Bertz CT molecular complexity index is 2860. The Balaban J connectivity index is 0.000000221. The van der Waals surface area contributed by atoms with E-state index in [2.05, 4.69) is 40.5 Å². The molecule has 0 radical (unpaired) electrons. The van der Waals surface area contributed by atoms with E-state index in [1.54, 1.807) is 97.1 Å². The molecule has 6 aromatic carbocycles. The summed E-state index contributed by atoms with van der Waals surface area (Å²) in [4.78, 5) is 56.0. The molecule has 6 N–H and O–H groups in total. The lowest BCUT2D eigenvalue weighted by molar-refractivity contribution is -0.120. The van der Waals surface area contributed by atoms with Gasteiger partial charge in [0.15, 0.2) is 0 Å². The van der Waals surface area contributed by atoms with Crippen LogP contribution < -0.4 is 40.5 Å². The van der Waals surface area contributed by atoms with Gasteiger partial charge in [0.2, 0.25) is 43.7 Å². The predicted octanol–water partition coefficient (Wildman–Crippen LogP) is 7.07. The smallest absolute Gasteiger partial charge is 0.242 e. The fourth-order valence-corrected chi connectivity index (χ4v) is 10.5. The van der Waals surface area contributed by atoms with Crippen molar-refractivity contribution >= 4 is 77.8 Å². The van der Waals surface area contributed by atoms with E-state index in [9.17, 15) is 36.0 Å². The highest BCUT2D eigenvalue weighted by Crippen LogP contribution is 2.23. The minimum Gasteiger partial charge on any atom is -0.378 e. The highest BCUT2D eigenvalue weighted by atomic mass is 32.2. The largest absolute Gasteiger partial charge is 0.378 e. The van der Waals surface area contributed by atoms with Gasteiger partial charge < -0.3 is 40.5 Å². The van der Waals surface area contributed by atoms with Gasteiger partial charge in [-0.05, 0) is 124 Å². The standard InChI is InChI=1S/2C28H32N4O5S/c2*1-21-7-13-25(14-8-21)38(35,36)31-26(15-16-27(33)29-22-5-3-2-4-6-22)28(34)30-23-9-11-24(12-10-23)32-17-19-37-20-18-32/h2*2-14,26,31H,15-20H2,1H3,(H,29,33)(H,30,34)/t2*26-/m00/s1. The molecule has 2 aliphatic heterocycles. The Morgan fingerprint density at radius 1 is 0.434 bits per heavy atom. The van der Waals surface area contributed by atoms with Crippen molar-refractivity contribution in [1.82, 2.24) is 9.44 Å². The molecule has 6 aromatic rings. The molecule has 76 heavy (non-hydrogen) atoms. The summed E-state index contributed by atoms with van der Waals surface area (Å²) in [7, 11) is -8.01. The van der Waals surface area contributed by atoms with Crippen molar-refractivity contribution in [2.75, 3.05) is 83.7 Å². The maximum absolute atomic E-state index is 13.2. The fourth-order valence-electron chi connectivity index (χ4n) is 8.09. The molecule has 20 heteroatoms. The third kappa shape index (κ3) is 17.3. The number of aryl methyl sites for hydroxylation is 2. The molecule has 2 atom stereocenters. The number of anilines is 6. The molecule has 2 saturated heterocycles. The maximum Gasteiger partial charge on any atom is 0.242 e. The number of nitrogens with zero attached hydrogens (tertiary/aromatic N) is 2. The summed E-state index contributed by atoms with van der Waals surface area (Å²) in [6, 6.07) is 42.9. The van der Waals surface area contributed by atoms with Crippen LogP contribution in [-0.4, -0.2) is 105 Å². The molecule has 0 bridgehead atoms. The van der Waals surface area contributed by atoms with Gasteiger partial charge in [-0.3, -0.25) is 19.2 Å². The Kier molecular flexibility index (Phi) is 20.3. The third-order valence-electron chi connectivity index (χ3n) is 12.3. The number of carbonyl (C=O) groups is 4. The molecular formula is C56H64N8O10S2. The van der Waals surface area contributed by atoms with E-state index < -0.39 is 43.9 Å². The molecule has 0 aliphatic carbocycles. The number of ether oxygens (including phenoxy) is 2. The molecule has 0 saturated carbocycles. The van der Waals surface area contributed by atoms with Crippen LogP contribution in [0.5, 0.6) is 0 Å². The summed E-state index contributed by atoms with van der Waals surface area (Å²) >= 11 is 0. The van der Waals surface area contributed by atoms with Crippen LogP contribution in [0.3, 0.4) is 0 Å². The molecule has 0 aromatic heterocycles. The average molecular weight is 1070 g/mol. The van der Waals surface area contributed by atoms with Crippen molar-refractivity contribution in [2.45, 2.75) is 61.4 Å². The van der Waals surface area contributed by atoms with Gasteiger partial charge in [-0.2, -0.15) is 9.44 Å². The van der Waals surface area contributed by atoms with Crippen molar-refractivity contribution < 1.29 is 45.5 Å². The molecule has 2 aliphatic rings. The zero-order chi connectivity index (χ0) is 53.9. The van der Waals surface area contributed by atoms with Crippen molar-refractivity contribution in [2.24, 2.45) is 0 Å². The van der Waals surface area contributed by atoms with E-state index in [4.69, 9.17) is 9.47 Å². The van der Waals surface area contributed by atoms with Gasteiger partial charge in [0.1, 0.15) is 12.1 Å². The monoisotopic (exact) mass is 1070 g/mol. The minimum atomic E-state index is -4.00. The van der Waals surface area contributed by atoms with Crippen LogP contribution in [0, 0.1) is 13.8 Å². The second kappa shape index (κ2) is 27.4. The number of hydrogen-bond donors (Lipinski definition) is 6. The number of para-hydroxylation sites is 2. The highest BCUT2D eigenvalue weighted by molar-refractivity contribution is 7.89. The Morgan fingerprint density at radius 2 is 0.750 bits per heavy atom. The minimum absolute atomic E-state index is 0.0263. The zero-order valence-electron chi connectivity index (χ0n) is 42.4. The lowest BCUT2D eigenvalue weighted by Gasteiger charge is -2.29. The van der Waals surface area contributed by atoms with E-state index in [1.807, 2.05) is 50.2 Å². The molecule has 4 amide bonds. The van der Waals surface area contributed by atoms with Crippen molar-refractivity contribution in [3.05, 3.63) is 169 Å². The Hall–Kier alpha value is -7.46. The van der Waals surface area contributed by atoms with Crippen LogP contribution >= 0.6 is 0 Å². The Morgan fingerprint density at radius 3 is 1.08 bits per heavy atom. The molecule has 400 valence electrons.